The highest BCUT2D eigenvalue weighted by Gasteiger charge is 2.56. The van der Waals surface area contributed by atoms with E-state index >= 15 is 0 Å². The Kier molecular flexibility index (Phi) is 8.59. The molecule has 0 aliphatic carbocycles. The van der Waals surface area contributed by atoms with Crippen molar-refractivity contribution in [1.29, 1.82) is 0 Å². The summed E-state index contributed by atoms with van der Waals surface area (Å²) >= 11 is 2.54. The number of aromatic nitrogens is 1. The van der Waals surface area contributed by atoms with Crippen molar-refractivity contribution >= 4 is 58.7 Å². The minimum Gasteiger partial charge on any atom is -0.461 e. The molecule has 37 heavy (non-hydrogen) atoms. The van der Waals surface area contributed by atoms with E-state index in [1.165, 1.54) is 28.0 Å². The predicted octanol–water partition coefficient (Wildman–Crippen LogP) is 0.721. The lowest BCUT2D eigenvalue weighted by molar-refractivity contribution is -0.168. The number of hydrogen-bond donors (Lipinski definition) is 1. The van der Waals surface area contributed by atoms with E-state index in [1.54, 1.807) is 17.0 Å². The molecule has 4 heterocycles. The lowest BCUT2D eigenvalue weighted by Gasteiger charge is -2.51. The number of fused-ring (bicyclic) bond motifs is 1. The zero-order chi connectivity index (χ0) is 26.5. The highest BCUT2D eigenvalue weighted by Crippen LogP contribution is 2.40. The van der Waals surface area contributed by atoms with Gasteiger partial charge in [0.1, 0.15) is 23.0 Å². The van der Waals surface area contributed by atoms with Crippen molar-refractivity contribution in [3.05, 3.63) is 27.6 Å². The van der Waals surface area contributed by atoms with Gasteiger partial charge in [-0.15, -0.1) is 23.1 Å². The lowest BCUT2D eigenvalue weighted by Crippen LogP contribution is -2.74. The molecule has 3 aliphatic rings. The SMILES string of the molecule is CCCCC(=O)OCC1=CS[C@@H]2C(NC(=O)Cc3nccs3)C(=O)N2C1C(=O)OCN1C(=O)CCC1=O. The number of nitrogens with one attached hydrogen (secondary N) is 1. The molecule has 4 rings (SSSR count). The normalized spacial score (nSPS) is 22.8. The van der Waals surface area contributed by atoms with Crippen molar-refractivity contribution in [3.8, 4) is 0 Å². The number of thiazole rings is 1. The first-order chi connectivity index (χ1) is 17.8. The second-order valence-corrected chi connectivity index (χ2v) is 10.6. The van der Waals surface area contributed by atoms with E-state index in [1.807, 2.05) is 6.92 Å². The van der Waals surface area contributed by atoms with Gasteiger partial charge in [-0.25, -0.2) is 14.7 Å². The number of likely N-dealkylation sites (tertiary alicyclic amines) is 1. The van der Waals surface area contributed by atoms with Gasteiger partial charge in [-0.05, 0) is 11.8 Å². The molecule has 2 saturated heterocycles. The van der Waals surface area contributed by atoms with E-state index in [2.05, 4.69) is 10.3 Å². The van der Waals surface area contributed by atoms with Crippen LogP contribution in [0.25, 0.3) is 0 Å². The molecule has 0 radical (unpaired) electrons. The molecule has 4 amide bonds. The Morgan fingerprint density at radius 2 is 1.92 bits per heavy atom. The van der Waals surface area contributed by atoms with Gasteiger partial charge in [-0.3, -0.25) is 24.0 Å². The fourth-order valence-corrected chi connectivity index (χ4v) is 5.87. The molecule has 0 aromatic carbocycles. The van der Waals surface area contributed by atoms with Crippen LogP contribution in [-0.2, 0) is 44.7 Å². The van der Waals surface area contributed by atoms with E-state index < -0.39 is 53.8 Å². The summed E-state index contributed by atoms with van der Waals surface area (Å²) in [5.41, 5.74) is 0.330. The van der Waals surface area contributed by atoms with E-state index in [0.29, 0.717) is 17.0 Å². The smallest absolute Gasteiger partial charge is 0.335 e. The third-order valence-electron chi connectivity index (χ3n) is 6.03. The van der Waals surface area contributed by atoms with Gasteiger partial charge in [-0.1, -0.05) is 13.3 Å². The van der Waals surface area contributed by atoms with Crippen LogP contribution < -0.4 is 5.32 Å². The van der Waals surface area contributed by atoms with Gasteiger partial charge in [0.15, 0.2) is 12.8 Å². The van der Waals surface area contributed by atoms with Crippen molar-refractivity contribution in [3.63, 3.8) is 0 Å². The van der Waals surface area contributed by atoms with Gasteiger partial charge < -0.3 is 19.7 Å². The maximum absolute atomic E-state index is 13.1. The molecule has 0 saturated carbocycles. The van der Waals surface area contributed by atoms with Crippen LogP contribution in [0.3, 0.4) is 0 Å². The number of thioether (sulfide) groups is 1. The maximum Gasteiger partial charge on any atom is 0.335 e. The predicted molar refractivity (Wildman–Crippen MR) is 130 cm³/mol. The van der Waals surface area contributed by atoms with Gasteiger partial charge in [0.2, 0.25) is 23.6 Å². The van der Waals surface area contributed by atoms with Crippen molar-refractivity contribution < 1.29 is 38.2 Å². The molecule has 1 aromatic rings. The summed E-state index contributed by atoms with van der Waals surface area (Å²) in [6, 6.07) is -2.09. The first-order valence-corrected chi connectivity index (χ1v) is 13.6. The van der Waals surface area contributed by atoms with Crippen LogP contribution in [-0.4, -0.2) is 81.1 Å². The van der Waals surface area contributed by atoms with Crippen LogP contribution in [0, 0.1) is 0 Å². The third-order valence-corrected chi connectivity index (χ3v) is 8.02. The molecule has 3 aliphatic heterocycles. The summed E-state index contributed by atoms with van der Waals surface area (Å²) in [7, 11) is 0. The Labute approximate surface area is 220 Å². The molecule has 3 atom stereocenters. The number of nitrogens with zero attached hydrogens (tertiary/aromatic N) is 3. The first kappa shape index (κ1) is 26.8. The monoisotopic (exact) mass is 550 g/mol. The van der Waals surface area contributed by atoms with Gasteiger partial charge in [0.25, 0.3) is 0 Å². The minimum absolute atomic E-state index is 0.0248. The van der Waals surface area contributed by atoms with Gasteiger partial charge in [-0.2, -0.15) is 0 Å². The number of unbranched alkanes of at least 4 members (excludes halogenated alkanes) is 1. The van der Waals surface area contributed by atoms with Crippen LogP contribution in [0.1, 0.15) is 44.0 Å². The number of carbonyl (C=O) groups is 6. The summed E-state index contributed by atoms with van der Waals surface area (Å²) in [6.45, 7) is 1.15. The van der Waals surface area contributed by atoms with Crippen LogP contribution in [0.4, 0.5) is 0 Å². The van der Waals surface area contributed by atoms with Crippen LogP contribution in [0.5, 0.6) is 0 Å². The van der Waals surface area contributed by atoms with Crippen molar-refractivity contribution in [2.24, 2.45) is 0 Å². The molecule has 1 N–H and O–H groups in total. The van der Waals surface area contributed by atoms with Gasteiger partial charge in [0, 0.05) is 36.4 Å². The third kappa shape index (κ3) is 6.01. The standard InChI is InChI=1S/C23H26N4O8S2/c1-2-3-4-18(31)34-10-13-11-37-22-19(25-14(28)9-15-24-7-8-36-15)21(32)27(22)20(13)23(33)35-12-26-16(29)5-6-17(26)30/h7-8,11,19-20,22H,2-6,9-10,12H2,1H3,(H,25,28)/t19?,20?,22-/m1/s1. The fourth-order valence-electron chi connectivity index (χ4n) is 4.05. The maximum atomic E-state index is 13.1. The van der Waals surface area contributed by atoms with Gasteiger partial charge in [0.05, 0.1) is 6.42 Å². The summed E-state index contributed by atoms with van der Waals surface area (Å²) in [5, 5.41) is 6.09. The first-order valence-electron chi connectivity index (χ1n) is 11.8. The summed E-state index contributed by atoms with van der Waals surface area (Å²) in [5.74, 6) is -3.06. The number of amides is 4. The summed E-state index contributed by atoms with van der Waals surface area (Å²) in [4.78, 5) is 80.6. The highest BCUT2D eigenvalue weighted by molar-refractivity contribution is 8.03. The van der Waals surface area contributed by atoms with E-state index in [0.717, 1.165) is 11.3 Å². The Hall–Kier alpha value is -3.26. The highest BCUT2D eigenvalue weighted by atomic mass is 32.2. The minimum atomic E-state index is -1.22. The molecule has 1 aromatic heterocycles. The number of β-lactam (4-membered cyclic amide) rings is 1. The van der Waals surface area contributed by atoms with E-state index in [-0.39, 0.29) is 38.2 Å². The number of rotatable bonds is 11. The number of hydrogen-bond acceptors (Lipinski definition) is 11. The number of imide groups is 1. The second kappa shape index (κ2) is 11.9. The van der Waals surface area contributed by atoms with Crippen molar-refractivity contribution in [2.75, 3.05) is 13.3 Å². The Balaban J connectivity index is 1.44. The molecular weight excluding hydrogens is 524 g/mol. The van der Waals surface area contributed by atoms with Gasteiger partial charge >= 0.3 is 11.9 Å². The topological polar surface area (TPSA) is 152 Å². The van der Waals surface area contributed by atoms with Crippen molar-refractivity contribution in [1.82, 2.24) is 20.1 Å². The van der Waals surface area contributed by atoms with E-state index in [4.69, 9.17) is 9.47 Å². The van der Waals surface area contributed by atoms with Crippen molar-refractivity contribution in [2.45, 2.75) is 62.9 Å². The molecule has 0 spiro atoms. The van der Waals surface area contributed by atoms with Crippen LogP contribution in [0.15, 0.2) is 22.6 Å². The molecule has 12 nitrogen and oxygen atoms in total. The zero-order valence-electron chi connectivity index (χ0n) is 20.0. The number of esters is 2. The van der Waals surface area contributed by atoms with Crippen LogP contribution >= 0.6 is 23.1 Å². The molecule has 2 unspecified atom stereocenters. The Morgan fingerprint density at radius 3 is 2.59 bits per heavy atom. The summed E-state index contributed by atoms with van der Waals surface area (Å²) < 4.78 is 10.6. The average Bonchev–Trinajstić information content (AvgIpc) is 3.51. The fraction of sp³-hybridized carbons (Fsp3) is 0.522. The lowest BCUT2D eigenvalue weighted by atomic mass is 9.98. The Bertz CT molecular complexity index is 1110. The molecular formula is C23H26N4O8S2. The molecule has 2 fully saturated rings. The second-order valence-electron chi connectivity index (χ2n) is 8.59. The largest absolute Gasteiger partial charge is 0.461 e. The quantitative estimate of drug-likeness (QED) is 0.237. The van der Waals surface area contributed by atoms with E-state index in [9.17, 15) is 28.8 Å². The van der Waals surface area contributed by atoms with Crippen LogP contribution in [0.2, 0.25) is 0 Å². The Morgan fingerprint density at radius 1 is 1.16 bits per heavy atom. The average molecular weight is 551 g/mol. The molecule has 198 valence electrons. The summed E-state index contributed by atoms with van der Waals surface area (Å²) in [6.07, 6.45) is 3.40. The molecule has 14 heteroatoms. The number of ether oxygens (including phenoxy) is 2. The molecule has 0 bridgehead atoms. The zero-order valence-corrected chi connectivity index (χ0v) is 21.7. The number of carbonyl (C=O) groups excluding carboxylic acids is 6.